The van der Waals surface area contributed by atoms with E-state index in [0.717, 1.165) is 36.7 Å². The molecule has 136 valence electrons. The van der Waals surface area contributed by atoms with Crippen molar-refractivity contribution in [1.29, 1.82) is 0 Å². The molecule has 4 rings (SSSR count). The third-order valence-corrected chi connectivity index (χ3v) is 4.69. The lowest BCUT2D eigenvalue weighted by Crippen LogP contribution is -2.40. The van der Waals surface area contributed by atoms with Crippen molar-refractivity contribution >= 4 is 11.9 Å². The van der Waals surface area contributed by atoms with Gasteiger partial charge in [-0.1, -0.05) is 18.2 Å². The molecule has 0 atom stereocenters. The lowest BCUT2D eigenvalue weighted by molar-refractivity contribution is -0.134. The predicted molar refractivity (Wildman–Crippen MR) is 96.1 cm³/mol. The maximum atomic E-state index is 12.5. The number of para-hydroxylation sites is 1. The largest absolute Gasteiger partial charge is 0.484 e. The van der Waals surface area contributed by atoms with Crippen LogP contribution in [0.4, 0.5) is 5.95 Å². The Morgan fingerprint density at radius 3 is 2.77 bits per heavy atom. The summed E-state index contributed by atoms with van der Waals surface area (Å²) in [5.74, 6) is 1.41. The molecule has 3 heterocycles. The first-order chi connectivity index (χ1) is 12.8. The number of amides is 1. The molecule has 26 heavy (non-hydrogen) atoms. The van der Waals surface area contributed by atoms with E-state index < -0.39 is 0 Å². The van der Waals surface area contributed by atoms with Gasteiger partial charge in [-0.25, -0.2) is 9.97 Å². The molecule has 1 saturated heterocycles. The van der Waals surface area contributed by atoms with Crippen LogP contribution in [0.5, 0.6) is 5.75 Å². The zero-order chi connectivity index (χ0) is 17.8. The van der Waals surface area contributed by atoms with Gasteiger partial charge in [0, 0.05) is 25.8 Å². The fraction of sp³-hybridized carbons (Fsp3) is 0.421. The number of morpholine rings is 1. The monoisotopic (exact) mass is 354 g/mol. The Kier molecular flexibility index (Phi) is 4.97. The van der Waals surface area contributed by atoms with E-state index in [2.05, 4.69) is 9.88 Å². The smallest absolute Gasteiger partial charge is 0.260 e. The molecule has 2 aliphatic rings. The number of hydrogen-bond donors (Lipinski definition) is 0. The molecular weight excluding hydrogens is 332 g/mol. The first kappa shape index (κ1) is 16.8. The summed E-state index contributed by atoms with van der Waals surface area (Å²) in [7, 11) is 0. The lowest BCUT2D eigenvalue weighted by Gasteiger charge is -2.30. The average molecular weight is 354 g/mol. The minimum absolute atomic E-state index is 0.0222. The number of carbonyl (C=O) groups excluding carboxylic acids is 1. The summed E-state index contributed by atoms with van der Waals surface area (Å²) in [5.41, 5.74) is 2.05. The van der Waals surface area contributed by atoms with E-state index in [1.54, 1.807) is 4.90 Å². The molecule has 0 aliphatic carbocycles. The second-order valence-corrected chi connectivity index (χ2v) is 6.41. The summed E-state index contributed by atoms with van der Waals surface area (Å²) in [6, 6.07) is 9.39. The van der Waals surface area contributed by atoms with Crippen molar-refractivity contribution in [2.45, 2.75) is 13.0 Å². The van der Waals surface area contributed by atoms with Crippen LogP contribution >= 0.6 is 0 Å². The molecule has 0 unspecified atom stereocenters. The number of carbonyl (C=O) groups is 1. The van der Waals surface area contributed by atoms with Crippen molar-refractivity contribution < 1.29 is 14.3 Å². The molecule has 0 saturated carbocycles. The van der Waals surface area contributed by atoms with E-state index in [1.807, 2.05) is 36.5 Å². The van der Waals surface area contributed by atoms with Gasteiger partial charge in [-0.3, -0.25) is 4.79 Å². The Hall–Kier alpha value is -2.67. The predicted octanol–water partition coefficient (Wildman–Crippen LogP) is 1.28. The van der Waals surface area contributed by atoms with Crippen LogP contribution < -0.4 is 9.64 Å². The van der Waals surface area contributed by atoms with E-state index in [1.165, 1.54) is 0 Å². The summed E-state index contributed by atoms with van der Waals surface area (Å²) in [6.45, 7) is 4.21. The molecule has 1 amide bonds. The normalized spacial score (nSPS) is 16.9. The Balaban J connectivity index is 1.40. The minimum Gasteiger partial charge on any atom is -0.484 e. The van der Waals surface area contributed by atoms with E-state index in [4.69, 9.17) is 14.5 Å². The topological polar surface area (TPSA) is 67.8 Å². The summed E-state index contributed by atoms with van der Waals surface area (Å²) >= 11 is 0. The third kappa shape index (κ3) is 3.77. The number of anilines is 1. The van der Waals surface area contributed by atoms with Crippen LogP contribution in [-0.4, -0.2) is 60.2 Å². The minimum atomic E-state index is -0.0222. The van der Waals surface area contributed by atoms with Crippen molar-refractivity contribution in [2.75, 3.05) is 44.4 Å². The van der Waals surface area contributed by atoms with Crippen LogP contribution in [-0.2, 0) is 22.5 Å². The highest BCUT2D eigenvalue weighted by Gasteiger charge is 2.24. The summed E-state index contributed by atoms with van der Waals surface area (Å²) in [5, 5.41) is 0. The standard InChI is InChI=1S/C19H22N4O3/c24-18(14-26-16-4-2-1-3-5-16)23-7-6-15-12-20-19(21-17(15)13-23)22-8-10-25-11-9-22/h1-5,12H,6-11,13-14H2. The van der Waals surface area contributed by atoms with E-state index in [9.17, 15) is 4.79 Å². The van der Waals surface area contributed by atoms with Gasteiger partial charge >= 0.3 is 0 Å². The Morgan fingerprint density at radius 2 is 1.96 bits per heavy atom. The van der Waals surface area contributed by atoms with Gasteiger partial charge in [0.2, 0.25) is 5.95 Å². The number of hydrogen-bond acceptors (Lipinski definition) is 6. The van der Waals surface area contributed by atoms with Crippen LogP contribution in [0.1, 0.15) is 11.3 Å². The van der Waals surface area contributed by atoms with Crippen LogP contribution in [0.15, 0.2) is 36.5 Å². The van der Waals surface area contributed by atoms with E-state index >= 15 is 0 Å². The summed E-state index contributed by atoms with van der Waals surface area (Å²) in [4.78, 5) is 25.6. The molecule has 7 nitrogen and oxygen atoms in total. The molecule has 1 aromatic carbocycles. The van der Waals surface area contributed by atoms with Crippen molar-refractivity contribution in [3.8, 4) is 5.75 Å². The van der Waals surface area contributed by atoms with Crippen LogP contribution in [0.25, 0.3) is 0 Å². The maximum Gasteiger partial charge on any atom is 0.260 e. The van der Waals surface area contributed by atoms with Gasteiger partial charge in [0.25, 0.3) is 5.91 Å². The molecule has 1 fully saturated rings. The summed E-state index contributed by atoms with van der Waals surface area (Å²) < 4.78 is 11.0. The zero-order valence-electron chi connectivity index (χ0n) is 14.6. The average Bonchev–Trinajstić information content (AvgIpc) is 2.72. The van der Waals surface area contributed by atoms with Gasteiger partial charge in [-0.05, 0) is 24.1 Å². The molecular formula is C19H22N4O3. The fourth-order valence-electron chi connectivity index (χ4n) is 3.17. The zero-order valence-corrected chi connectivity index (χ0v) is 14.6. The molecule has 7 heteroatoms. The summed E-state index contributed by atoms with van der Waals surface area (Å²) in [6.07, 6.45) is 2.67. The number of aromatic nitrogens is 2. The first-order valence-corrected chi connectivity index (χ1v) is 8.93. The Bertz CT molecular complexity index is 763. The second-order valence-electron chi connectivity index (χ2n) is 6.41. The van der Waals surface area contributed by atoms with Crippen LogP contribution in [0, 0.1) is 0 Å². The molecule has 0 spiro atoms. The fourth-order valence-corrected chi connectivity index (χ4v) is 3.17. The van der Waals surface area contributed by atoms with Crippen molar-refractivity contribution in [2.24, 2.45) is 0 Å². The number of benzene rings is 1. The van der Waals surface area contributed by atoms with Crippen LogP contribution in [0.3, 0.4) is 0 Å². The van der Waals surface area contributed by atoms with Crippen molar-refractivity contribution in [3.05, 3.63) is 47.8 Å². The first-order valence-electron chi connectivity index (χ1n) is 8.93. The molecule has 0 N–H and O–H groups in total. The number of fused-ring (bicyclic) bond motifs is 1. The van der Waals surface area contributed by atoms with E-state index in [-0.39, 0.29) is 12.5 Å². The van der Waals surface area contributed by atoms with Crippen LogP contribution in [0.2, 0.25) is 0 Å². The Labute approximate surface area is 152 Å². The molecule has 2 aromatic rings. The van der Waals surface area contributed by atoms with Gasteiger partial charge in [0.15, 0.2) is 6.61 Å². The quantitative estimate of drug-likeness (QED) is 0.824. The van der Waals surface area contributed by atoms with E-state index in [0.29, 0.717) is 32.1 Å². The molecule has 0 radical (unpaired) electrons. The van der Waals surface area contributed by atoms with Gasteiger partial charge in [-0.2, -0.15) is 0 Å². The van der Waals surface area contributed by atoms with Gasteiger partial charge in [0.1, 0.15) is 5.75 Å². The Morgan fingerprint density at radius 1 is 1.15 bits per heavy atom. The van der Waals surface area contributed by atoms with Crippen molar-refractivity contribution in [3.63, 3.8) is 0 Å². The lowest BCUT2D eigenvalue weighted by atomic mass is 10.1. The molecule has 0 bridgehead atoms. The highest BCUT2D eigenvalue weighted by Crippen LogP contribution is 2.20. The van der Waals surface area contributed by atoms with Gasteiger partial charge in [-0.15, -0.1) is 0 Å². The third-order valence-electron chi connectivity index (χ3n) is 4.69. The van der Waals surface area contributed by atoms with Gasteiger partial charge < -0.3 is 19.3 Å². The second kappa shape index (κ2) is 7.70. The number of nitrogens with zero attached hydrogens (tertiary/aromatic N) is 4. The molecule has 1 aromatic heterocycles. The molecule has 2 aliphatic heterocycles. The van der Waals surface area contributed by atoms with Gasteiger partial charge in [0.05, 0.1) is 25.5 Å². The number of rotatable bonds is 4. The highest BCUT2D eigenvalue weighted by atomic mass is 16.5. The number of ether oxygens (including phenoxy) is 2. The maximum absolute atomic E-state index is 12.5. The highest BCUT2D eigenvalue weighted by molar-refractivity contribution is 5.78. The SMILES string of the molecule is O=C(COc1ccccc1)N1CCc2cnc(N3CCOCC3)nc2C1. The van der Waals surface area contributed by atoms with Crippen molar-refractivity contribution in [1.82, 2.24) is 14.9 Å².